The van der Waals surface area contributed by atoms with E-state index in [2.05, 4.69) is 10.3 Å². The van der Waals surface area contributed by atoms with Crippen molar-refractivity contribution in [2.24, 2.45) is 0 Å². The first-order valence-corrected chi connectivity index (χ1v) is 9.97. The fraction of sp³-hybridized carbons (Fsp3) is 0.429. The molecule has 0 atom stereocenters. The van der Waals surface area contributed by atoms with Gasteiger partial charge in [0.15, 0.2) is 0 Å². The van der Waals surface area contributed by atoms with Gasteiger partial charge in [0.05, 0.1) is 17.2 Å². The first-order valence-electron chi connectivity index (χ1n) is 7.33. The minimum Gasteiger partial charge on any atom is -0.355 e. The number of nitrogens with zero attached hydrogens (tertiary/aromatic N) is 3. The Morgan fingerprint density at radius 1 is 1.42 bits per heavy atom. The molecule has 0 aromatic carbocycles. The number of thiophene rings is 1. The van der Waals surface area contributed by atoms with Crippen LogP contribution in [0.25, 0.3) is 0 Å². The lowest BCUT2D eigenvalue weighted by Crippen LogP contribution is -2.38. The second-order valence-electron chi connectivity index (χ2n) is 5.18. The number of halogens is 1. The third-order valence-corrected chi connectivity index (χ3v) is 6.81. The fourth-order valence-corrected chi connectivity index (χ4v) is 4.82. The summed E-state index contributed by atoms with van der Waals surface area (Å²) in [6, 6.07) is 2.96. The molecule has 0 fully saturated rings. The van der Waals surface area contributed by atoms with Gasteiger partial charge >= 0.3 is 0 Å². The highest BCUT2D eigenvalue weighted by molar-refractivity contribution is 7.91. The number of sulfonamides is 1. The molecule has 0 spiro atoms. The van der Waals surface area contributed by atoms with E-state index in [0.29, 0.717) is 10.9 Å². The quantitative estimate of drug-likeness (QED) is 0.662. The summed E-state index contributed by atoms with van der Waals surface area (Å²) >= 11 is 6.73. The average molecular weight is 391 g/mol. The zero-order valence-electron chi connectivity index (χ0n) is 13.2. The van der Waals surface area contributed by atoms with Crippen molar-refractivity contribution >= 4 is 38.9 Å². The molecule has 0 saturated heterocycles. The van der Waals surface area contributed by atoms with Crippen LogP contribution in [0.4, 0.5) is 0 Å². The van der Waals surface area contributed by atoms with Crippen molar-refractivity contribution in [3.63, 3.8) is 0 Å². The van der Waals surface area contributed by atoms with E-state index in [0.717, 1.165) is 35.0 Å². The largest absolute Gasteiger partial charge is 0.355 e. The topological polar surface area (TPSA) is 84.3 Å². The van der Waals surface area contributed by atoms with Crippen LogP contribution >= 0.6 is 22.9 Å². The number of hydrogen-bond acceptors (Lipinski definition) is 5. The summed E-state index contributed by atoms with van der Waals surface area (Å²) in [5.74, 6) is -0.327. The van der Waals surface area contributed by atoms with Gasteiger partial charge in [-0.2, -0.15) is 4.31 Å². The molecule has 0 aliphatic carbocycles. The van der Waals surface area contributed by atoms with E-state index in [1.54, 1.807) is 12.5 Å². The second-order valence-corrected chi connectivity index (χ2v) is 9.16. The van der Waals surface area contributed by atoms with Crippen molar-refractivity contribution < 1.29 is 13.2 Å². The van der Waals surface area contributed by atoms with Gasteiger partial charge in [0.2, 0.25) is 5.91 Å². The lowest BCUT2D eigenvalue weighted by Gasteiger charge is -2.15. The predicted octanol–water partition coefficient (Wildman–Crippen LogP) is 1.82. The van der Waals surface area contributed by atoms with E-state index in [1.165, 1.54) is 19.2 Å². The lowest BCUT2D eigenvalue weighted by atomic mass is 10.3. The van der Waals surface area contributed by atoms with E-state index >= 15 is 0 Å². The Hall–Kier alpha value is -1.42. The number of amides is 1. The van der Waals surface area contributed by atoms with Gasteiger partial charge in [0, 0.05) is 32.5 Å². The summed E-state index contributed by atoms with van der Waals surface area (Å²) in [7, 11) is -2.31. The number of unbranched alkanes of at least 4 members (excludes halogenated alkanes) is 1. The molecule has 132 valence electrons. The zero-order chi connectivity index (χ0) is 17.6. The smallest absolute Gasteiger partial charge is 0.252 e. The minimum atomic E-state index is -3.68. The standard InChI is InChI=1S/C14H19ClN4O3S2/c1-18(24(21,22)14-5-4-12(15)23-14)10-13(20)17-6-2-3-8-19-9-7-16-11-19/h4-5,7,9,11H,2-3,6,8,10H2,1H3,(H,17,20). The van der Waals surface area contributed by atoms with Crippen LogP contribution in [0.1, 0.15) is 12.8 Å². The monoisotopic (exact) mass is 390 g/mol. The summed E-state index contributed by atoms with van der Waals surface area (Å²) in [5, 5.41) is 2.73. The summed E-state index contributed by atoms with van der Waals surface area (Å²) < 4.78 is 28.1. The Kier molecular flexibility index (Phi) is 6.79. The number of carbonyl (C=O) groups is 1. The Morgan fingerprint density at radius 2 is 2.21 bits per heavy atom. The van der Waals surface area contributed by atoms with E-state index in [-0.39, 0.29) is 16.7 Å². The third-order valence-electron chi connectivity index (χ3n) is 3.30. The van der Waals surface area contributed by atoms with Crippen LogP contribution in [0.5, 0.6) is 0 Å². The number of imidazole rings is 1. The maximum atomic E-state index is 12.3. The summed E-state index contributed by atoms with van der Waals surface area (Å²) in [6.45, 7) is 1.12. The van der Waals surface area contributed by atoms with Gasteiger partial charge in [-0.05, 0) is 25.0 Å². The first kappa shape index (κ1) is 18.9. The van der Waals surface area contributed by atoms with E-state index in [9.17, 15) is 13.2 Å². The molecule has 2 aromatic heterocycles. The Morgan fingerprint density at radius 3 is 2.83 bits per heavy atom. The van der Waals surface area contributed by atoms with Gasteiger partial charge in [-0.15, -0.1) is 11.3 Å². The van der Waals surface area contributed by atoms with Gasteiger partial charge in [0.25, 0.3) is 10.0 Å². The number of hydrogen-bond donors (Lipinski definition) is 1. The van der Waals surface area contributed by atoms with Gasteiger partial charge in [0.1, 0.15) is 4.21 Å². The average Bonchev–Trinajstić information content (AvgIpc) is 3.18. The molecular weight excluding hydrogens is 372 g/mol. The number of aryl methyl sites for hydroxylation is 1. The van der Waals surface area contributed by atoms with E-state index < -0.39 is 10.0 Å². The van der Waals surface area contributed by atoms with Crippen LogP contribution in [-0.4, -0.2) is 48.3 Å². The number of rotatable bonds is 9. The van der Waals surface area contributed by atoms with Crippen LogP contribution < -0.4 is 5.32 Å². The number of nitrogens with one attached hydrogen (secondary N) is 1. The predicted molar refractivity (Wildman–Crippen MR) is 93.6 cm³/mol. The van der Waals surface area contributed by atoms with Crippen molar-refractivity contribution in [3.8, 4) is 0 Å². The molecule has 0 unspecified atom stereocenters. The molecule has 0 saturated carbocycles. The molecule has 10 heteroatoms. The Bertz CT molecular complexity index is 759. The summed E-state index contributed by atoms with van der Waals surface area (Å²) in [4.78, 5) is 15.8. The van der Waals surface area contributed by atoms with Crippen LogP contribution in [-0.2, 0) is 21.4 Å². The second kappa shape index (κ2) is 8.61. The molecular formula is C14H19ClN4O3S2. The molecule has 24 heavy (non-hydrogen) atoms. The zero-order valence-corrected chi connectivity index (χ0v) is 15.6. The van der Waals surface area contributed by atoms with Crippen molar-refractivity contribution in [1.82, 2.24) is 19.2 Å². The normalized spacial score (nSPS) is 11.8. The molecule has 2 aromatic rings. The fourth-order valence-electron chi connectivity index (χ4n) is 2.00. The minimum absolute atomic E-state index is 0.128. The maximum Gasteiger partial charge on any atom is 0.252 e. The highest BCUT2D eigenvalue weighted by Crippen LogP contribution is 2.27. The molecule has 0 radical (unpaired) electrons. The van der Waals surface area contributed by atoms with Crippen LogP contribution in [0, 0.1) is 0 Å². The van der Waals surface area contributed by atoms with Gasteiger partial charge in [-0.3, -0.25) is 4.79 Å². The number of aromatic nitrogens is 2. The lowest BCUT2D eigenvalue weighted by molar-refractivity contribution is -0.121. The third kappa shape index (κ3) is 5.30. The van der Waals surface area contributed by atoms with Crippen molar-refractivity contribution in [2.75, 3.05) is 20.1 Å². The van der Waals surface area contributed by atoms with E-state index in [4.69, 9.17) is 11.6 Å². The van der Waals surface area contributed by atoms with Crippen molar-refractivity contribution in [3.05, 3.63) is 35.2 Å². The summed E-state index contributed by atoms with van der Waals surface area (Å²) in [6.07, 6.45) is 7.06. The van der Waals surface area contributed by atoms with Crippen LogP contribution in [0.15, 0.2) is 35.1 Å². The molecule has 1 N–H and O–H groups in total. The Balaban J connectivity index is 1.71. The highest BCUT2D eigenvalue weighted by Gasteiger charge is 2.24. The van der Waals surface area contributed by atoms with Crippen LogP contribution in [0.3, 0.4) is 0 Å². The maximum absolute atomic E-state index is 12.3. The molecule has 2 rings (SSSR count). The molecule has 0 aliphatic heterocycles. The molecule has 7 nitrogen and oxygen atoms in total. The summed E-state index contributed by atoms with van der Waals surface area (Å²) in [5.41, 5.74) is 0. The van der Waals surface area contributed by atoms with Gasteiger partial charge in [-0.1, -0.05) is 11.6 Å². The SMILES string of the molecule is CN(CC(=O)NCCCCn1ccnc1)S(=O)(=O)c1ccc(Cl)s1. The van der Waals surface area contributed by atoms with Gasteiger partial charge < -0.3 is 9.88 Å². The Labute approximate surface area is 150 Å². The van der Waals surface area contributed by atoms with Crippen LogP contribution in [0.2, 0.25) is 4.34 Å². The molecule has 0 aliphatic rings. The molecule has 1 amide bonds. The number of likely N-dealkylation sites (N-methyl/N-ethyl adjacent to an activating group) is 1. The van der Waals surface area contributed by atoms with Crippen molar-refractivity contribution in [2.45, 2.75) is 23.6 Å². The molecule has 2 heterocycles. The molecule has 0 bridgehead atoms. The highest BCUT2D eigenvalue weighted by atomic mass is 35.5. The van der Waals surface area contributed by atoms with Crippen molar-refractivity contribution in [1.29, 1.82) is 0 Å². The van der Waals surface area contributed by atoms with Gasteiger partial charge in [-0.25, -0.2) is 13.4 Å². The number of carbonyl (C=O) groups excluding carboxylic acids is 1. The first-order chi connectivity index (χ1) is 11.4. The van der Waals surface area contributed by atoms with E-state index in [1.807, 2.05) is 10.8 Å².